The summed E-state index contributed by atoms with van der Waals surface area (Å²) in [5.74, 6) is 0.406. The topological polar surface area (TPSA) is 26.3 Å². The molecule has 0 radical (unpaired) electrons. The van der Waals surface area contributed by atoms with Gasteiger partial charge in [-0.1, -0.05) is 12.6 Å². The third kappa shape index (κ3) is 1.98. The minimum absolute atomic E-state index is 0.149. The van der Waals surface area contributed by atoms with Crippen molar-refractivity contribution < 1.29 is 9.53 Å². The number of ether oxygens (including phenoxy) is 1. The summed E-state index contributed by atoms with van der Waals surface area (Å²) in [6, 6.07) is 5.34. The molecule has 0 aliphatic heterocycles. The maximum atomic E-state index is 11.4. The van der Waals surface area contributed by atoms with Gasteiger partial charge in [0, 0.05) is 4.47 Å². The van der Waals surface area contributed by atoms with Crippen LogP contribution in [-0.2, 0) is 0 Å². The van der Waals surface area contributed by atoms with Crippen LogP contribution in [0, 0.1) is 0 Å². The molecule has 1 aromatic carbocycles. The Balaban J connectivity index is 3.30. The summed E-state index contributed by atoms with van der Waals surface area (Å²) in [5.41, 5.74) is 0.514. The van der Waals surface area contributed by atoms with E-state index in [0.717, 1.165) is 4.47 Å². The van der Waals surface area contributed by atoms with Crippen molar-refractivity contribution in [1.82, 2.24) is 0 Å². The smallest absolute Gasteiger partial charge is 0.190 e. The normalized spacial score (nSPS) is 9.38. The van der Waals surface area contributed by atoms with Crippen LogP contribution in [0.15, 0.2) is 35.3 Å². The molecule has 0 aromatic heterocycles. The van der Waals surface area contributed by atoms with Crippen molar-refractivity contribution in [1.29, 1.82) is 0 Å². The Bertz CT molecular complexity index is 345. The van der Waals surface area contributed by atoms with Crippen molar-refractivity contribution in [3.8, 4) is 5.75 Å². The van der Waals surface area contributed by atoms with Gasteiger partial charge in [0.05, 0.1) is 12.7 Å². The van der Waals surface area contributed by atoms with E-state index in [0.29, 0.717) is 11.3 Å². The SMILES string of the molecule is C=CC(=O)c1c(Br)cccc1OC. The van der Waals surface area contributed by atoms with E-state index in [1.807, 2.05) is 6.07 Å². The maximum Gasteiger partial charge on any atom is 0.190 e. The first-order valence-electron chi connectivity index (χ1n) is 3.70. The first-order valence-corrected chi connectivity index (χ1v) is 4.49. The lowest BCUT2D eigenvalue weighted by Crippen LogP contribution is -1.99. The van der Waals surface area contributed by atoms with E-state index in [1.165, 1.54) is 13.2 Å². The van der Waals surface area contributed by atoms with Gasteiger partial charge in [-0.2, -0.15) is 0 Å². The fraction of sp³-hybridized carbons (Fsp3) is 0.100. The number of carbonyl (C=O) groups is 1. The van der Waals surface area contributed by atoms with Gasteiger partial charge < -0.3 is 4.74 Å². The predicted octanol–water partition coefficient (Wildman–Crippen LogP) is 2.83. The van der Waals surface area contributed by atoms with Gasteiger partial charge in [0.25, 0.3) is 0 Å². The van der Waals surface area contributed by atoms with E-state index >= 15 is 0 Å². The minimum Gasteiger partial charge on any atom is -0.496 e. The summed E-state index contributed by atoms with van der Waals surface area (Å²) in [4.78, 5) is 11.4. The number of ketones is 1. The lowest BCUT2D eigenvalue weighted by Gasteiger charge is -2.06. The predicted molar refractivity (Wildman–Crippen MR) is 55.2 cm³/mol. The molecule has 0 spiro atoms. The molecule has 0 amide bonds. The van der Waals surface area contributed by atoms with Crippen LogP contribution in [-0.4, -0.2) is 12.9 Å². The molecule has 0 atom stereocenters. The molecule has 0 unspecified atom stereocenters. The monoisotopic (exact) mass is 240 g/mol. The van der Waals surface area contributed by atoms with Crippen LogP contribution < -0.4 is 4.74 Å². The van der Waals surface area contributed by atoms with E-state index in [4.69, 9.17) is 4.74 Å². The molecule has 1 aromatic rings. The number of allylic oxidation sites excluding steroid dienone is 1. The molecule has 1 rings (SSSR count). The van der Waals surface area contributed by atoms with Crippen molar-refractivity contribution in [2.24, 2.45) is 0 Å². The molecule has 0 saturated carbocycles. The number of carbonyl (C=O) groups excluding carboxylic acids is 1. The molecule has 13 heavy (non-hydrogen) atoms. The number of halogens is 1. The van der Waals surface area contributed by atoms with Gasteiger partial charge >= 0.3 is 0 Å². The minimum atomic E-state index is -0.149. The van der Waals surface area contributed by atoms with Gasteiger partial charge in [-0.25, -0.2) is 0 Å². The standard InChI is InChI=1S/C10H9BrO2/c1-3-8(12)10-7(11)5-4-6-9(10)13-2/h3-6H,1H2,2H3. The highest BCUT2D eigenvalue weighted by Gasteiger charge is 2.12. The fourth-order valence-electron chi connectivity index (χ4n) is 1.02. The second kappa shape index (κ2) is 4.23. The molecular formula is C10H9BrO2. The van der Waals surface area contributed by atoms with Crippen LogP contribution in [0.4, 0.5) is 0 Å². The van der Waals surface area contributed by atoms with Crippen LogP contribution in [0.3, 0.4) is 0 Å². The molecule has 0 bridgehead atoms. The number of rotatable bonds is 3. The molecular weight excluding hydrogens is 232 g/mol. The fourth-order valence-corrected chi connectivity index (χ4v) is 1.56. The first-order chi connectivity index (χ1) is 6.20. The Morgan fingerprint density at radius 2 is 2.31 bits per heavy atom. The van der Waals surface area contributed by atoms with Crippen molar-refractivity contribution in [3.05, 3.63) is 40.9 Å². The summed E-state index contributed by atoms with van der Waals surface area (Å²) < 4.78 is 5.77. The Kier molecular flexibility index (Phi) is 3.25. The summed E-state index contributed by atoms with van der Waals surface area (Å²) in [6.45, 7) is 3.43. The summed E-state index contributed by atoms with van der Waals surface area (Å²) in [6.07, 6.45) is 1.27. The van der Waals surface area contributed by atoms with Crippen LogP contribution >= 0.6 is 15.9 Å². The third-order valence-electron chi connectivity index (χ3n) is 1.63. The average molecular weight is 241 g/mol. The first kappa shape index (κ1) is 9.99. The van der Waals surface area contributed by atoms with Gasteiger partial charge in [-0.15, -0.1) is 0 Å². The van der Waals surface area contributed by atoms with Crippen LogP contribution in [0.2, 0.25) is 0 Å². The molecule has 68 valence electrons. The summed E-state index contributed by atoms with van der Waals surface area (Å²) in [7, 11) is 1.53. The molecule has 3 heteroatoms. The zero-order valence-electron chi connectivity index (χ0n) is 7.21. The number of hydrogen-bond donors (Lipinski definition) is 0. The molecule has 0 aliphatic rings. The number of hydrogen-bond acceptors (Lipinski definition) is 2. The molecule has 0 heterocycles. The highest BCUT2D eigenvalue weighted by Crippen LogP contribution is 2.26. The Morgan fingerprint density at radius 3 is 2.85 bits per heavy atom. The lowest BCUT2D eigenvalue weighted by atomic mass is 10.1. The molecule has 0 N–H and O–H groups in total. The summed E-state index contributed by atoms with van der Waals surface area (Å²) in [5, 5.41) is 0. The van der Waals surface area contributed by atoms with E-state index in [1.54, 1.807) is 12.1 Å². The van der Waals surface area contributed by atoms with Gasteiger partial charge in [0.2, 0.25) is 0 Å². The van der Waals surface area contributed by atoms with E-state index in [9.17, 15) is 4.79 Å². The lowest BCUT2D eigenvalue weighted by molar-refractivity contribution is 0.104. The van der Waals surface area contributed by atoms with Crippen LogP contribution in [0.1, 0.15) is 10.4 Å². The third-order valence-corrected chi connectivity index (χ3v) is 2.29. The van der Waals surface area contributed by atoms with Crippen LogP contribution in [0.25, 0.3) is 0 Å². The molecule has 0 fully saturated rings. The molecule has 0 saturated heterocycles. The number of methoxy groups -OCH3 is 1. The van der Waals surface area contributed by atoms with Crippen molar-refractivity contribution >= 4 is 21.7 Å². The second-order valence-electron chi connectivity index (χ2n) is 2.39. The Hall–Kier alpha value is -1.09. The Morgan fingerprint density at radius 1 is 1.62 bits per heavy atom. The van der Waals surface area contributed by atoms with E-state index in [-0.39, 0.29) is 5.78 Å². The van der Waals surface area contributed by atoms with Crippen molar-refractivity contribution in [2.75, 3.05) is 7.11 Å². The zero-order chi connectivity index (χ0) is 9.84. The second-order valence-corrected chi connectivity index (χ2v) is 3.24. The van der Waals surface area contributed by atoms with Gasteiger partial charge in [0.15, 0.2) is 5.78 Å². The van der Waals surface area contributed by atoms with Gasteiger partial charge in [0.1, 0.15) is 5.75 Å². The summed E-state index contributed by atoms with van der Waals surface area (Å²) >= 11 is 3.28. The van der Waals surface area contributed by atoms with E-state index in [2.05, 4.69) is 22.5 Å². The highest BCUT2D eigenvalue weighted by atomic mass is 79.9. The Labute approximate surface area is 85.3 Å². The van der Waals surface area contributed by atoms with Gasteiger partial charge in [-0.05, 0) is 34.1 Å². The van der Waals surface area contributed by atoms with Crippen LogP contribution in [0.5, 0.6) is 5.75 Å². The molecule has 0 aliphatic carbocycles. The average Bonchev–Trinajstić information content (AvgIpc) is 2.16. The van der Waals surface area contributed by atoms with Gasteiger partial charge in [-0.3, -0.25) is 4.79 Å². The van der Waals surface area contributed by atoms with Crippen molar-refractivity contribution in [2.45, 2.75) is 0 Å². The molecule has 2 nitrogen and oxygen atoms in total. The quantitative estimate of drug-likeness (QED) is 0.600. The van der Waals surface area contributed by atoms with Crippen molar-refractivity contribution in [3.63, 3.8) is 0 Å². The maximum absolute atomic E-state index is 11.4. The zero-order valence-corrected chi connectivity index (χ0v) is 8.80. The number of benzene rings is 1. The van der Waals surface area contributed by atoms with E-state index < -0.39 is 0 Å². The largest absolute Gasteiger partial charge is 0.496 e. The highest BCUT2D eigenvalue weighted by molar-refractivity contribution is 9.10.